The van der Waals surface area contributed by atoms with Gasteiger partial charge in [-0.25, -0.2) is 0 Å². The minimum atomic E-state index is -0.184. The maximum atomic E-state index is 13.2. The summed E-state index contributed by atoms with van der Waals surface area (Å²) in [5.41, 5.74) is 3.58. The Kier molecular flexibility index (Phi) is 4.77. The van der Waals surface area contributed by atoms with Crippen LogP contribution in [0.25, 0.3) is 10.9 Å². The van der Waals surface area contributed by atoms with Crippen LogP contribution in [0.4, 0.5) is 5.69 Å². The molecule has 0 spiro atoms. The highest BCUT2D eigenvalue weighted by molar-refractivity contribution is 6.06. The molecule has 0 saturated carbocycles. The Balaban J connectivity index is 1.76. The molecule has 0 unspecified atom stereocenters. The number of aromatic nitrogens is 1. The molecule has 0 aliphatic carbocycles. The van der Waals surface area contributed by atoms with Gasteiger partial charge in [0.15, 0.2) is 0 Å². The summed E-state index contributed by atoms with van der Waals surface area (Å²) in [5.74, 6) is -0.140. The summed E-state index contributed by atoms with van der Waals surface area (Å²) in [6.45, 7) is 2.18. The zero-order valence-electron chi connectivity index (χ0n) is 15.6. The molecule has 4 nitrogen and oxygen atoms in total. The van der Waals surface area contributed by atoms with Crippen molar-refractivity contribution in [3.05, 3.63) is 112 Å². The van der Waals surface area contributed by atoms with Gasteiger partial charge in [0.05, 0.1) is 6.54 Å². The van der Waals surface area contributed by atoms with Crippen LogP contribution in [0.15, 0.2) is 89.7 Å². The molecule has 0 fully saturated rings. The first kappa shape index (κ1) is 17.7. The highest BCUT2D eigenvalue weighted by Crippen LogP contribution is 2.20. The fourth-order valence-corrected chi connectivity index (χ4v) is 3.22. The van der Waals surface area contributed by atoms with Gasteiger partial charge in [-0.2, -0.15) is 0 Å². The predicted octanol–water partition coefficient (Wildman–Crippen LogP) is 4.68. The van der Waals surface area contributed by atoms with Crippen LogP contribution >= 0.6 is 0 Å². The van der Waals surface area contributed by atoms with E-state index in [1.807, 2.05) is 91.9 Å². The van der Waals surface area contributed by atoms with E-state index in [0.29, 0.717) is 11.1 Å². The number of benzene rings is 3. The average Bonchev–Trinajstić information content (AvgIpc) is 2.73. The number of carbonyl (C=O) groups excluding carboxylic acids is 1. The minimum Gasteiger partial charge on any atom is -0.322 e. The molecule has 3 aromatic carbocycles. The van der Waals surface area contributed by atoms with Crippen molar-refractivity contribution in [2.24, 2.45) is 0 Å². The van der Waals surface area contributed by atoms with Crippen LogP contribution in [-0.4, -0.2) is 10.9 Å². The molecular formula is C24H20N2O2. The number of hydrogen-bond acceptors (Lipinski definition) is 2. The standard InChI is InChI=1S/C24H20N2O2/c1-17-11-13-18(14-12-17)24(28)26(21-8-3-2-4-9-21)16-20-15-19-7-5-6-10-22(19)25-23(20)27/h2-15H,16H2,1H3,(H,25,27). The molecule has 4 rings (SSSR count). The molecule has 0 saturated heterocycles. The second-order valence-corrected chi connectivity index (χ2v) is 6.80. The van der Waals surface area contributed by atoms with Crippen LogP contribution in [-0.2, 0) is 6.54 Å². The average molecular weight is 368 g/mol. The maximum Gasteiger partial charge on any atom is 0.258 e. The number of anilines is 1. The van der Waals surface area contributed by atoms with Crippen molar-refractivity contribution in [2.45, 2.75) is 13.5 Å². The van der Waals surface area contributed by atoms with E-state index in [1.54, 1.807) is 4.90 Å². The van der Waals surface area contributed by atoms with Crippen LogP contribution in [0.1, 0.15) is 21.5 Å². The fourth-order valence-electron chi connectivity index (χ4n) is 3.22. The highest BCUT2D eigenvalue weighted by Gasteiger charge is 2.19. The molecule has 4 heteroatoms. The quantitative estimate of drug-likeness (QED) is 0.568. The zero-order valence-corrected chi connectivity index (χ0v) is 15.6. The molecule has 4 aromatic rings. The number of pyridine rings is 1. The van der Waals surface area contributed by atoms with Crippen molar-refractivity contribution >= 4 is 22.5 Å². The van der Waals surface area contributed by atoms with E-state index in [4.69, 9.17) is 0 Å². The van der Waals surface area contributed by atoms with E-state index in [-0.39, 0.29) is 18.0 Å². The van der Waals surface area contributed by atoms with Crippen LogP contribution in [0.3, 0.4) is 0 Å². The first-order valence-electron chi connectivity index (χ1n) is 9.16. The third-order valence-corrected chi connectivity index (χ3v) is 4.77. The number of aromatic amines is 1. The first-order chi connectivity index (χ1) is 13.6. The molecule has 1 amide bonds. The molecule has 1 aromatic heterocycles. The summed E-state index contributed by atoms with van der Waals surface area (Å²) in [4.78, 5) is 30.4. The third kappa shape index (κ3) is 3.58. The van der Waals surface area contributed by atoms with Gasteiger partial charge in [0.25, 0.3) is 11.5 Å². The van der Waals surface area contributed by atoms with Gasteiger partial charge in [0.2, 0.25) is 0 Å². The van der Waals surface area contributed by atoms with Crippen LogP contribution in [0.2, 0.25) is 0 Å². The lowest BCUT2D eigenvalue weighted by molar-refractivity contribution is 0.0985. The zero-order chi connectivity index (χ0) is 19.5. The van der Waals surface area contributed by atoms with Gasteiger partial charge in [-0.15, -0.1) is 0 Å². The number of hydrogen-bond donors (Lipinski definition) is 1. The van der Waals surface area contributed by atoms with E-state index in [0.717, 1.165) is 22.2 Å². The Morgan fingerprint density at radius 1 is 0.893 bits per heavy atom. The van der Waals surface area contributed by atoms with Crippen LogP contribution in [0, 0.1) is 6.92 Å². The molecule has 28 heavy (non-hydrogen) atoms. The number of fused-ring (bicyclic) bond motifs is 1. The van der Waals surface area contributed by atoms with Gasteiger partial charge in [-0.1, -0.05) is 54.1 Å². The van der Waals surface area contributed by atoms with Crippen LogP contribution < -0.4 is 10.5 Å². The molecule has 0 aliphatic rings. The SMILES string of the molecule is Cc1ccc(C(=O)N(Cc2cc3ccccc3[nH]c2=O)c2ccccc2)cc1. The third-order valence-electron chi connectivity index (χ3n) is 4.77. The number of para-hydroxylation sites is 2. The Bertz CT molecular complexity index is 1180. The van der Waals surface area contributed by atoms with E-state index >= 15 is 0 Å². The first-order valence-corrected chi connectivity index (χ1v) is 9.16. The Morgan fingerprint density at radius 2 is 1.57 bits per heavy atom. The maximum absolute atomic E-state index is 13.2. The number of amides is 1. The van der Waals surface area contributed by atoms with Crippen molar-refractivity contribution in [2.75, 3.05) is 4.90 Å². The molecular weight excluding hydrogens is 348 g/mol. The molecule has 0 radical (unpaired) electrons. The second-order valence-electron chi connectivity index (χ2n) is 6.80. The Morgan fingerprint density at radius 3 is 2.32 bits per heavy atom. The lowest BCUT2D eigenvalue weighted by Gasteiger charge is -2.23. The lowest BCUT2D eigenvalue weighted by atomic mass is 10.1. The summed E-state index contributed by atoms with van der Waals surface area (Å²) in [6, 6.07) is 26.4. The Hall–Kier alpha value is -3.66. The van der Waals surface area contributed by atoms with E-state index in [9.17, 15) is 9.59 Å². The molecule has 0 bridgehead atoms. The van der Waals surface area contributed by atoms with Crippen molar-refractivity contribution in [1.29, 1.82) is 0 Å². The largest absolute Gasteiger partial charge is 0.322 e. The van der Waals surface area contributed by atoms with Gasteiger partial charge in [-0.3, -0.25) is 9.59 Å². The molecule has 1 heterocycles. The fraction of sp³-hybridized carbons (Fsp3) is 0.0833. The summed E-state index contributed by atoms with van der Waals surface area (Å²) < 4.78 is 0. The number of rotatable bonds is 4. The highest BCUT2D eigenvalue weighted by atomic mass is 16.2. The molecule has 0 aliphatic heterocycles. The predicted molar refractivity (Wildman–Crippen MR) is 113 cm³/mol. The van der Waals surface area contributed by atoms with Crippen molar-refractivity contribution in [3.63, 3.8) is 0 Å². The minimum absolute atomic E-state index is 0.140. The van der Waals surface area contributed by atoms with E-state index in [2.05, 4.69) is 4.98 Å². The number of nitrogens with one attached hydrogen (secondary N) is 1. The van der Waals surface area contributed by atoms with Gasteiger partial charge in [0.1, 0.15) is 0 Å². The van der Waals surface area contributed by atoms with Gasteiger partial charge < -0.3 is 9.88 Å². The van der Waals surface area contributed by atoms with Gasteiger partial charge in [-0.05, 0) is 48.7 Å². The van der Waals surface area contributed by atoms with Crippen molar-refractivity contribution in [3.8, 4) is 0 Å². The lowest BCUT2D eigenvalue weighted by Crippen LogP contribution is -2.32. The van der Waals surface area contributed by atoms with Gasteiger partial charge in [0, 0.05) is 22.3 Å². The van der Waals surface area contributed by atoms with E-state index < -0.39 is 0 Å². The summed E-state index contributed by atoms with van der Waals surface area (Å²) in [7, 11) is 0. The smallest absolute Gasteiger partial charge is 0.258 e. The molecule has 1 N–H and O–H groups in total. The molecule has 138 valence electrons. The summed E-state index contributed by atoms with van der Waals surface area (Å²) >= 11 is 0. The second kappa shape index (κ2) is 7.53. The summed E-state index contributed by atoms with van der Waals surface area (Å²) in [5, 5.41) is 0.938. The number of carbonyl (C=O) groups is 1. The number of aryl methyl sites for hydroxylation is 1. The Labute approximate surface area is 163 Å². The van der Waals surface area contributed by atoms with E-state index in [1.165, 1.54) is 0 Å². The number of H-pyrrole nitrogens is 1. The van der Waals surface area contributed by atoms with Crippen LogP contribution in [0.5, 0.6) is 0 Å². The van der Waals surface area contributed by atoms with Crippen molar-refractivity contribution in [1.82, 2.24) is 4.98 Å². The monoisotopic (exact) mass is 368 g/mol. The van der Waals surface area contributed by atoms with Crippen molar-refractivity contribution < 1.29 is 4.79 Å². The summed E-state index contributed by atoms with van der Waals surface area (Å²) in [6.07, 6.45) is 0. The number of nitrogens with zero attached hydrogens (tertiary/aromatic N) is 1. The van der Waals surface area contributed by atoms with Gasteiger partial charge >= 0.3 is 0 Å². The molecule has 0 atom stereocenters. The normalized spacial score (nSPS) is 10.8. The topological polar surface area (TPSA) is 53.2 Å².